The van der Waals surface area contributed by atoms with Crippen LogP contribution in [0.2, 0.25) is 0 Å². The summed E-state index contributed by atoms with van der Waals surface area (Å²) in [4.78, 5) is 4.30. The molecule has 0 saturated heterocycles. The Morgan fingerprint density at radius 2 is 2.00 bits per heavy atom. The Kier molecular flexibility index (Phi) is 2.14. The first kappa shape index (κ1) is 9.96. The average molecular weight is 224 g/mol. The molecule has 1 aromatic carbocycles. The summed E-state index contributed by atoms with van der Waals surface area (Å²) in [6.45, 7) is 1.94. The van der Waals surface area contributed by atoms with E-state index in [1.165, 1.54) is 0 Å². The molecule has 0 aliphatic carbocycles. The van der Waals surface area contributed by atoms with Crippen LogP contribution in [0, 0.1) is 6.92 Å². The van der Waals surface area contributed by atoms with Gasteiger partial charge in [-0.2, -0.15) is 0 Å². The summed E-state index contributed by atoms with van der Waals surface area (Å²) in [5.41, 5.74) is 2.06. The Balaban J connectivity index is 2.21. The monoisotopic (exact) mass is 224 g/mol. The highest BCUT2D eigenvalue weighted by atomic mass is 15.3. The molecule has 3 rings (SSSR count). The number of hydrogen-bond donors (Lipinski definition) is 0. The highest BCUT2D eigenvalue weighted by Gasteiger charge is 2.08. The fourth-order valence-electron chi connectivity index (χ4n) is 1.87. The lowest BCUT2D eigenvalue weighted by atomic mass is 10.1. The molecule has 0 aliphatic rings. The third-order valence-electron chi connectivity index (χ3n) is 2.95. The van der Waals surface area contributed by atoms with Crippen molar-refractivity contribution in [1.29, 1.82) is 0 Å². The van der Waals surface area contributed by atoms with Gasteiger partial charge in [-0.3, -0.25) is 4.98 Å². The number of benzene rings is 1. The molecule has 4 nitrogen and oxygen atoms in total. The fourth-order valence-corrected chi connectivity index (χ4v) is 1.87. The predicted octanol–water partition coefficient (Wildman–Crippen LogP) is 2.34. The van der Waals surface area contributed by atoms with Crippen molar-refractivity contribution in [2.45, 2.75) is 6.92 Å². The molecule has 3 aromatic rings. The summed E-state index contributed by atoms with van der Waals surface area (Å²) in [6.07, 6.45) is 1.80. The van der Waals surface area contributed by atoms with Gasteiger partial charge >= 0.3 is 0 Å². The van der Waals surface area contributed by atoms with Crippen molar-refractivity contribution in [1.82, 2.24) is 19.7 Å². The van der Waals surface area contributed by atoms with E-state index >= 15 is 0 Å². The minimum Gasteiger partial charge on any atom is -0.314 e. The van der Waals surface area contributed by atoms with Gasteiger partial charge in [0.15, 0.2) is 5.82 Å². The molecule has 84 valence electrons. The number of rotatable bonds is 1. The van der Waals surface area contributed by atoms with E-state index in [2.05, 4.69) is 27.3 Å². The van der Waals surface area contributed by atoms with Gasteiger partial charge in [0.2, 0.25) is 0 Å². The van der Waals surface area contributed by atoms with E-state index in [1.807, 2.05) is 36.7 Å². The van der Waals surface area contributed by atoms with Crippen LogP contribution in [0.3, 0.4) is 0 Å². The van der Waals surface area contributed by atoms with Crippen LogP contribution >= 0.6 is 0 Å². The van der Waals surface area contributed by atoms with Crippen molar-refractivity contribution >= 4 is 10.9 Å². The molecule has 0 aliphatic heterocycles. The van der Waals surface area contributed by atoms with E-state index < -0.39 is 0 Å². The maximum atomic E-state index is 4.30. The first-order valence-corrected chi connectivity index (χ1v) is 5.47. The normalized spacial score (nSPS) is 10.9. The van der Waals surface area contributed by atoms with Gasteiger partial charge in [-0.15, -0.1) is 10.2 Å². The number of pyridine rings is 1. The molecule has 0 bridgehead atoms. The van der Waals surface area contributed by atoms with Crippen LogP contribution in [0.1, 0.15) is 5.82 Å². The van der Waals surface area contributed by atoms with Crippen LogP contribution in [0.4, 0.5) is 0 Å². The molecular weight excluding hydrogens is 212 g/mol. The smallest absolute Gasteiger partial charge is 0.163 e. The Bertz CT molecular complexity index is 685. The lowest BCUT2D eigenvalue weighted by Gasteiger charge is -2.03. The molecule has 0 radical (unpaired) electrons. The van der Waals surface area contributed by atoms with Crippen molar-refractivity contribution in [2.75, 3.05) is 0 Å². The van der Waals surface area contributed by atoms with Gasteiger partial charge in [0.25, 0.3) is 0 Å². The third-order valence-corrected chi connectivity index (χ3v) is 2.95. The molecule has 0 N–H and O–H groups in total. The first-order valence-electron chi connectivity index (χ1n) is 5.47. The van der Waals surface area contributed by atoms with Gasteiger partial charge in [0, 0.05) is 24.2 Å². The second kappa shape index (κ2) is 3.66. The minimum atomic E-state index is 0.883. The van der Waals surface area contributed by atoms with Crippen LogP contribution in [-0.4, -0.2) is 19.7 Å². The van der Waals surface area contributed by atoms with Gasteiger partial charge in [0.1, 0.15) is 5.82 Å². The highest BCUT2D eigenvalue weighted by molar-refractivity contribution is 5.83. The Morgan fingerprint density at radius 3 is 2.76 bits per heavy atom. The average Bonchev–Trinajstić information content (AvgIpc) is 2.70. The van der Waals surface area contributed by atoms with Crippen LogP contribution < -0.4 is 0 Å². The lowest BCUT2D eigenvalue weighted by molar-refractivity contribution is 0.865. The van der Waals surface area contributed by atoms with Gasteiger partial charge in [-0.1, -0.05) is 6.07 Å². The second-order valence-electron chi connectivity index (χ2n) is 4.04. The van der Waals surface area contributed by atoms with Crippen molar-refractivity contribution in [3.63, 3.8) is 0 Å². The molecule has 2 heterocycles. The molecule has 0 saturated carbocycles. The molecule has 2 aromatic heterocycles. The summed E-state index contributed by atoms with van der Waals surface area (Å²) in [6, 6.07) is 10.1. The maximum Gasteiger partial charge on any atom is 0.163 e. The molecule has 0 spiro atoms. The molecule has 0 amide bonds. The van der Waals surface area contributed by atoms with Crippen LogP contribution in [-0.2, 0) is 7.05 Å². The molecule has 0 atom stereocenters. The zero-order valence-corrected chi connectivity index (χ0v) is 9.75. The Morgan fingerprint density at radius 1 is 1.12 bits per heavy atom. The van der Waals surface area contributed by atoms with Crippen molar-refractivity contribution in [3.05, 3.63) is 42.4 Å². The lowest BCUT2D eigenvalue weighted by Crippen LogP contribution is -1.94. The Hall–Kier alpha value is -2.23. The van der Waals surface area contributed by atoms with Crippen LogP contribution in [0.5, 0.6) is 0 Å². The van der Waals surface area contributed by atoms with Crippen LogP contribution in [0.25, 0.3) is 22.3 Å². The first-order chi connectivity index (χ1) is 8.25. The van der Waals surface area contributed by atoms with E-state index in [-0.39, 0.29) is 0 Å². The largest absolute Gasteiger partial charge is 0.314 e. The number of fused-ring (bicyclic) bond motifs is 1. The maximum absolute atomic E-state index is 4.30. The molecule has 0 unspecified atom stereocenters. The quantitative estimate of drug-likeness (QED) is 0.637. The van der Waals surface area contributed by atoms with E-state index in [9.17, 15) is 0 Å². The summed E-state index contributed by atoms with van der Waals surface area (Å²) in [5, 5.41) is 9.37. The minimum absolute atomic E-state index is 0.883. The van der Waals surface area contributed by atoms with Crippen LogP contribution in [0.15, 0.2) is 36.5 Å². The molecule has 17 heavy (non-hydrogen) atoms. The molecular formula is C13H12N4. The van der Waals surface area contributed by atoms with Crippen molar-refractivity contribution < 1.29 is 0 Å². The predicted molar refractivity (Wildman–Crippen MR) is 66.5 cm³/mol. The molecule has 0 fully saturated rings. The summed E-state index contributed by atoms with van der Waals surface area (Å²) in [7, 11) is 1.97. The highest BCUT2D eigenvalue weighted by Crippen LogP contribution is 2.21. The van der Waals surface area contributed by atoms with E-state index in [4.69, 9.17) is 0 Å². The number of nitrogens with zero attached hydrogens (tertiary/aromatic N) is 4. The summed E-state index contributed by atoms with van der Waals surface area (Å²) in [5.74, 6) is 1.79. The van der Waals surface area contributed by atoms with Crippen molar-refractivity contribution in [2.24, 2.45) is 7.05 Å². The van der Waals surface area contributed by atoms with Gasteiger partial charge < -0.3 is 4.57 Å². The van der Waals surface area contributed by atoms with Gasteiger partial charge in [0.05, 0.1) is 5.52 Å². The fraction of sp³-hybridized carbons (Fsp3) is 0.154. The number of aryl methyl sites for hydroxylation is 1. The van der Waals surface area contributed by atoms with E-state index in [0.717, 1.165) is 28.1 Å². The molecule has 4 heteroatoms. The topological polar surface area (TPSA) is 43.6 Å². The van der Waals surface area contributed by atoms with Crippen molar-refractivity contribution in [3.8, 4) is 11.4 Å². The standard InChI is InChI=1S/C13H12N4/c1-9-15-16-13(17(9)2)11-5-6-12-10(8-11)4-3-7-14-12/h3-8H,1-2H3. The third kappa shape index (κ3) is 1.58. The second-order valence-corrected chi connectivity index (χ2v) is 4.04. The summed E-state index contributed by atoms with van der Waals surface area (Å²) >= 11 is 0. The van der Waals surface area contributed by atoms with E-state index in [1.54, 1.807) is 6.20 Å². The SMILES string of the molecule is Cc1nnc(-c2ccc3ncccc3c2)n1C. The summed E-state index contributed by atoms with van der Waals surface area (Å²) < 4.78 is 1.98. The van der Waals surface area contributed by atoms with Gasteiger partial charge in [-0.05, 0) is 31.2 Å². The zero-order valence-electron chi connectivity index (χ0n) is 9.75. The van der Waals surface area contributed by atoms with Gasteiger partial charge in [-0.25, -0.2) is 0 Å². The number of aromatic nitrogens is 4. The van der Waals surface area contributed by atoms with E-state index in [0.29, 0.717) is 0 Å². The zero-order chi connectivity index (χ0) is 11.8. The number of hydrogen-bond acceptors (Lipinski definition) is 3. The Labute approximate surface area is 98.9 Å².